The lowest BCUT2D eigenvalue weighted by Crippen LogP contribution is -1.99. The van der Waals surface area contributed by atoms with E-state index in [0.717, 1.165) is 12.0 Å². The summed E-state index contributed by atoms with van der Waals surface area (Å²) in [5, 5.41) is 12.7. The van der Waals surface area contributed by atoms with Crippen molar-refractivity contribution in [1.82, 2.24) is 10.1 Å². The van der Waals surface area contributed by atoms with Crippen molar-refractivity contribution in [2.45, 2.75) is 39.5 Å². The molecule has 1 N–H and O–H groups in total. The molecule has 1 unspecified atom stereocenters. The van der Waals surface area contributed by atoms with Gasteiger partial charge in [0.2, 0.25) is 5.89 Å². The van der Waals surface area contributed by atoms with Crippen molar-refractivity contribution >= 4 is 0 Å². The maximum Gasteiger partial charge on any atom is 0.233 e. The van der Waals surface area contributed by atoms with Gasteiger partial charge in [0.15, 0.2) is 5.82 Å². The molecule has 4 nitrogen and oxygen atoms in total. The summed E-state index contributed by atoms with van der Waals surface area (Å²) < 4.78 is 5.26. The average Bonchev–Trinajstić information content (AvgIpc) is 2.87. The molecular weight excluding hydrogens is 252 g/mol. The van der Waals surface area contributed by atoms with E-state index in [0.29, 0.717) is 24.1 Å². The van der Waals surface area contributed by atoms with Crippen LogP contribution in [0.25, 0.3) is 0 Å². The molecular formula is C16H22N2O2. The highest BCUT2D eigenvalue weighted by Crippen LogP contribution is 2.23. The number of benzene rings is 1. The lowest BCUT2D eigenvalue weighted by Gasteiger charge is -2.09. The van der Waals surface area contributed by atoms with Gasteiger partial charge in [0, 0.05) is 6.42 Å². The Labute approximate surface area is 119 Å². The second-order valence-corrected chi connectivity index (χ2v) is 5.58. The van der Waals surface area contributed by atoms with Crippen molar-refractivity contribution in [3.05, 3.63) is 47.1 Å². The van der Waals surface area contributed by atoms with E-state index < -0.39 is 0 Å². The second-order valence-electron chi connectivity index (χ2n) is 5.58. The van der Waals surface area contributed by atoms with E-state index >= 15 is 0 Å². The fourth-order valence-corrected chi connectivity index (χ4v) is 2.20. The van der Waals surface area contributed by atoms with E-state index in [1.165, 1.54) is 5.56 Å². The van der Waals surface area contributed by atoms with Gasteiger partial charge in [-0.15, -0.1) is 0 Å². The number of nitrogens with zero attached hydrogens (tertiary/aromatic N) is 2. The first-order valence-corrected chi connectivity index (χ1v) is 7.12. The van der Waals surface area contributed by atoms with Crippen molar-refractivity contribution in [2.75, 3.05) is 6.61 Å². The fourth-order valence-electron chi connectivity index (χ4n) is 2.20. The van der Waals surface area contributed by atoms with Crippen LogP contribution in [0.2, 0.25) is 0 Å². The lowest BCUT2D eigenvalue weighted by molar-refractivity contribution is 0.292. The molecule has 20 heavy (non-hydrogen) atoms. The number of rotatable bonds is 6. The minimum absolute atomic E-state index is 0.0389. The van der Waals surface area contributed by atoms with Crippen molar-refractivity contribution in [2.24, 2.45) is 5.92 Å². The van der Waals surface area contributed by atoms with Gasteiger partial charge in [-0.1, -0.05) is 43.3 Å². The van der Waals surface area contributed by atoms with E-state index in [4.69, 9.17) is 9.63 Å². The van der Waals surface area contributed by atoms with E-state index in [-0.39, 0.29) is 12.5 Å². The molecule has 1 heterocycles. The Kier molecular flexibility index (Phi) is 4.90. The third kappa shape index (κ3) is 3.67. The Morgan fingerprint density at radius 3 is 2.45 bits per heavy atom. The highest BCUT2D eigenvalue weighted by molar-refractivity contribution is 5.28. The van der Waals surface area contributed by atoms with Gasteiger partial charge < -0.3 is 9.63 Å². The molecule has 2 aromatic rings. The molecule has 0 radical (unpaired) electrons. The van der Waals surface area contributed by atoms with Crippen LogP contribution in [-0.4, -0.2) is 21.9 Å². The molecule has 0 saturated carbocycles. The van der Waals surface area contributed by atoms with Crippen LogP contribution in [0.15, 0.2) is 28.8 Å². The first kappa shape index (κ1) is 14.7. The van der Waals surface area contributed by atoms with Gasteiger partial charge in [-0.05, 0) is 30.4 Å². The smallest absolute Gasteiger partial charge is 0.233 e. The van der Waals surface area contributed by atoms with Crippen molar-refractivity contribution in [3.63, 3.8) is 0 Å². The molecule has 0 amide bonds. The summed E-state index contributed by atoms with van der Waals surface area (Å²) in [5.74, 6) is 1.90. The quantitative estimate of drug-likeness (QED) is 0.879. The number of hydrogen-bond donors (Lipinski definition) is 1. The summed E-state index contributed by atoms with van der Waals surface area (Å²) in [5.41, 5.74) is 2.51. The topological polar surface area (TPSA) is 59.2 Å². The van der Waals surface area contributed by atoms with Gasteiger partial charge in [-0.2, -0.15) is 4.98 Å². The van der Waals surface area contributed by atoms with E-state index in [9.17, 15) is 0 Å². The van der Waals surface area contributed by atoms with Crippen LogP contribution in [0.5, 0.6) is 0 Å². The monoisotopic (exact) mass is 274 g/mol. The minimum Gasteiger partial charge on any atom is -0.396 e. The Bertz CT molecular complexity index is 532. The highest BCUT2D eigenvalue weighted by Gasteiger charge is 2.16. The molecule has 0 aliphatic carbocycles. The van der Waals surface area contributed by atoms with Crippen LogP contribution in [0.4, 0.5) is 0 Å². The average molecular weight is 274 g/mol. The summed E-state index contributed by atoms with van der Waals surface area (Å²) in [6.07, 6.45) is 1.53. The predicted octanol–water partition coefficient (Wildman–Crippen LogP) is 2.95. The van der Waals surface area contributed by atoms with Crippen molar-refractivity contribution in [3.8, 4) is 0 Å². The van der Waals surface area contributed by atoms with Crippen molar-refractivity contribution < 1.29 is 9.63 Å². The fraction of sp³-hybridized carbons (Fsp3) is 0.500. The molecule has 1 aromatic heterocycles. The molecule has 2 rings (SSSR count). The molecule has 0 aliphatic heterocycles. The van der Waals surface area contributed by atoms with Gasteiger partial charge in [0.1, 0.15) is 0 Å². The van der Waals surface area contributed by atoms with E-state index in [2.05, 4.69) is 48.3 Å². The van der Waals surface area contributed by atoms with Crippen LogP contribution >= 0.6 is 0 Å². The third-order valence-corrected chi connectivity index (χ3v) is 3.31. The summed E-state index contributed by atoms with van der Waals surface area (Å²) in [6, 6.07) is 8.57. The molecule has 1 aromatic carbocycles. The standard InChI is InChI=1S/C16H22N2O2/c1-11(2)10-13-4-6-14(7-5-13)12(3)16-17-15(8-9-19)18-20-16/h4-7,11-12,19H,8-10H2,1-3H3. The Hall–Kier alpha value is -1.68. The zero-order valence-electron chi connectivity index (χ0n) is 12.3. The summed E-state index contributed by atoms with van der Waals surface area (Å²) in [7, 11) is 0. The Morgan fingerprint density at radius 2 is 1.85 bits per heavy atom. The number of aliphatic hydroxyl groups excluding tert-OH is 1. The van der Waals surface area contributed by atoms with E-state index in [1.54, 1.807) is 0 Å². The number of aliphatic hydroxyl groups is 1. The number of hydrogen-bond acceptors (Lipinski definition) is 4. The predicted molar refractivity (Wildman–Crippen MR) is 77.6 cm³/mol. The van der Waals surface area contributed by atoms with E-state index in [1.807, 2.05) is 6.92 Å². The molecule has 108 valence electrons. The molecule has 0 aliphatic rings. The van der Waals surface area contributed by atoms with Crippen LogP contribution in [0.3, 0.4) is 0 Å². The van der Waals surface area contributed by atoms with Gasteiger partial charge in [0.25, 0.3) is 0 Å². The Balaban J connectivity index is 2.09. The maximum atomic E-state index is 8.87. The lowest BCUT2D eigenvalue weighted by atomic mass is 9.97. The molecule has 1 atom stereocenters. The normalized spacial score (nSPS) is 12.8. The first-order chi connectivity index (χ1) is 9.60. The summed E-state index contributed by atoms with van der Waals surface area (Å²) in [6.45, 7) is 6.53. The van der Waals surface area contributed by atoms with Crippen LogP contribution in [0.1, 0.15) is 49.5 Å². The number of aromatic nitrogens is 2. The third-order valence-electron chi connectivity index (χ3n) is 3.31. The highest BCUT2D eigenvalue weighted by atomic mass is 16.5. The van der Waals surface area contributed by atoms with Crippen LogP contribution in [0, 0.1) is 5.92 Å². The summed E-state index contributed by atoms with van der Waals surface area (Å²) >= 11 is 0. The van der Waals surface area contributed by atoms with Gasteiger partial charge >= 0.3 is 0 Å². The molecule has 4 heteroatoms. The minimum atomic E-state index is 0.0389. The van der Waals surface area contributed by atoms with Gasteiger partial charge in [-0.3, -0.25) is 0 Å². The second kappa shape index (κ2) is 6.66. The first-order valence-electron chi connectivity index (χ1n) is 7.12. The van der Waals surface area contributed by atoms with Gasteiger partial charge in [0.05, 0.1) is 12.5 Å². The zero-order valence-corrected chi connectivity index (χ0v) is 12.3. The largest absolute Gasteiger partial charge is 0.396 e. The van der Waals surface area contributed by atoms with Gasteiger partial charge in [-0.25, -0.2) is 0 Å². The SMILES string of the molecule is CC(C)Cc1ccc(C(C)c2nc(CCO)no2)cc1. The van der Waals surface area contributed by atoms with Crippen molar-refractivity contribution in [1.29, 1.82) is 0 Å². The summed E-state index contributed by atoms with van der Waals surface area (Å²) in [4.78, 5) is 4.31. The Morgan fingerprint density at radius 1 is 1.15 bits per heavy atom. The molecule has 0 saturated heterocycles. The van der Waals surface area contributed by atoms with Crippen LogP contribution < -0.4 is 0 Å². The maximum absolute atomic E-state index is 8.87. The zero-order chi connectivity index (χ0) is 14.5. The molecule has 0 fully saturated rings. The molecule has 0 spiro atoms. The van der Waals surface area contributed by atoms with Crippen LogP contribution in [-0.2, 0) is 12.8 Å². The molecule has 0 bridgehead atoms.